The summed E-state index contributed by atoms with van der Waals surface area (Å²) >= 11 is 1.36. The number of aryl methyl sites for hydroxylation is 2. The van der Waals surface area contributed by atoms with Crippen LogP contribution in [0, 0.1) is 42.5 Å². The van der Waals surface area contributed by atoms with Gasteiger partial charge in [0, 0.05) is 0 Å². The second-order valence-corrected chi connectivity index (χ2v) is 11.0. The molecule has 0 N–H and O–H groups in total. The van der Waals surface area contributed by atoms with Crippen molar-refractivity contribution in [3.05, 3.63) is 183 Å². The van der Waals surface area contributed by atoms with Crippen molar-refractivity contribution in [3.8, 4) is 0 Å². The summed E-state index contributed by atoms with van der Waals surface area (Å²) in [5, 5.41) is 5.61. The predicted octanol–water partition coefficient (Wildman–Crippen LogP) is 12.2. The summed E-state index contributed by atoms with van der Waals surface area (Å²) in [4.78, 5) is 0. The van der Waals surface area contributed by atoms with Crippen LogP contribution in [0.15, 0.2) is 121 Å². The Morgan fingerprint density at radius 3 is 1.09 bits per heavy atom. The fourth-order valence-corrected chi connectivity index (χ4v) is 4.78. The van der Waals surface area contributed by atoms with E-state index in [9.17, 15) is 0 Å². The molecule has 0 aliphatic carbocycles. The Morgan fingerprint density at radius 2 is 0.841 bits per heavy atom. The third-order valence-corrected chi connectivity index (χ3v) is 6.79. The van der Waals surface area contributed by atoms with E-state index in [1.807, 2.05) is 60.7 Å². The van der Waals surface area contributed by atoms with E-state index in [0.717, 1.165) is 11.1 Å². The van der Waals surface area contributed by atoms with Crippen molar-refractivity contribution in [2.24, 2.45) is 0 Å². The van der Waals surface area contributed by atoms with Crippen molar-refractivity contribution in [3.63, 3.8) is 0 Å². The summed E-state index contributed by atoms with van der Waals surface area (Å²) < 4.78 is 0. The Balaban J connectivity index is 0.000000561. The molecule has 0 spiro atoms. The standard InChI is InChI=1S/2C13H15.2C7H7.2CH3.Si.Zr/c2*1-9(2)12-6-4-5-11-7-10(3)8-13(11)12;2*1-7-5-3-2-4-6-7;;;;/h2*4-9H,1-3H3;2*2-6H,1H2;2*1H3;;/q6*-1;;. The van der Waals surface area contributed by atoms with Gasteiger partial charge in [0.15, 0.2) is 0 Å². The molecule has 0 atom stereocenters. The average Bonchev–Trinajstić information content (AvgIpc) is 3.56. The summed E-state index contributed by atoms with van der Waals surface area (Å²) in [5.41, 5.74) is 7.80. The van der Waals surface area contributed by atoms with Gasteiger partial charge in [0.1, 0.15) is 0 Å². The first-order valence-corrected chi connectivity index (χ1v) is 18.6. The summed E-state index contributed by atoms with van der Waals surface area (Å²) in [7, 11) is 0. The molecule has 44 heavy (non-hydrogen) atoms. The summed E-state index contributed by atoms with van der Waals surface area (Å²) in [6.45, 7) is 23.8. The minimum absolute atomic E-state index is 0. The second-order valence-electron chi connectivity index (χ2n) is 11.0. The van der Waals surface area contributed by atoms with E-state index >= 15 is 0 Å². The minimum atomic E-state index is 0. The molecule has 0 unspecified atom stereocenters. The number of fused-ring (bicyclic) bond motifs is 2. The van der Waals surface area contributed by atoms with Crippen LogP contribution < -0.4 is 0 Å². The first kappa shape index (κ1) is 40.9. The number of benzene rings is 4. The number of hydrogen-bond donors (Lipinski definition) is 0. The van der Waals surface area contributed by atoms with E-state index in [0.29, 0.717) is 11.8 Å². The van der Waals surface area contributed by atoms with E-state index in [4.69, 9.17) is 0 Å². The first-order valence-electron chi connectivity index (χ1n) is 14.5. The molecule has 0 saturated heterocycles. The summed E-state index contributed by atoms with van der Waals surface area (Å²) in [6, 6.07) is 42.0. The molecular weight excluding hydrogens is 624 g/mol. The zero-order valence-electron chi connectivity index (χ0n) is 28.1. The number of rotatable bonds is 2. The normalized spacial score (nSPS) is 9.52. The van der Waals surface area contributed by atoms with Crippen LogP contribution in [0.4, 0.5) is 0 Å². The molecule has 232 valence electrons. The fraction of sp³-hybridized carbons (Fsp3) is 0.190. The predicted molar refractivity (Wildman–Crippen MR) is 197 cm³/mol. The maximum atomic E-state index is 3.72. The zero-order chi connectivity index (χ0) is 31.1. The van der Waals surface area contributed by atoms with Crippen LogP contribution in [0.1, 0.15) is 72.9 Å². The van der Waals surface area contributed by atoms with Gasteiger partial charge in [0.05, 0.1) is 0 Å². The van der Waals surface area contributed by atoms with Crippen molar-refractivity contribution < 1.29 is 23.3 Å². The molecule has 0 amide bonds. The average molecular weight is 674 g/mol. The quantitative estimate of drug-likeness (QED) is 0.127. The number of hydrogen-bond acceptors (Lipinski definition) is 0. The fourth-order valence-electron chi connectivity index (χ4n) is 4.78. The summed E-state index contributed by atoms with van der Waals surface area (Å²) in [5.74, 6) is 1.23. The van der Waals surface area contributed by atoms with Gasteiger partial charge in [-0.05, 0) is 11.8 Å². The van der Waals surface area contributed by atoms with Crippen molar-refractivity contribution in [1.82, 2.24) is 0 Å². The van der Waals surface area contributed by atoms with Crippen LogP contribution >= 0.6 is 0 Å². The molecule has 0 aromatic heterocycles. The Morgan fingerprint density at radius 1 is 0.523 bits per heavy atom. The monoisotopic (exact) mass is 672 g/mol. The van der Waals surface area contributed by atoms with Crippen LogP contribution in [0.3, 0.4) is 0 Å². The first-order chi connectivity index (χ1) is 20.2. The van der Waals surface area contributed by atoms with Gasteiger partial charge in [-0.1, -0.05) is 76.9 Å². The van der Waals surface area contributed by atoms with E-state index in [2.05, 4.69) is 123 Å². The molecule has 2 radical (unpaired) electrons. The van der Waals surface area contributed by atoms with Crippen molar-refractivity contribution in [2.75, 3.05) is 0 Å². The SMILES string of the molecule is Cc1cc2c(C(C)C)cccc2[cH-]1.Cc1cc2c(C(C)C)cccc2[cH-]1.[CH2-]c1ccccc1.[CH2-]c1ccccc1.[CH3-].[CH3-].[Si]=[Zr]. The molecule has 6 aromatic carbocycles. The molecule has 0 saturated carbocycles. The van der Waals surface area contributed by atoms with Gasteiger partial charge < -0.3 is 14.9 Å². The van der Waals surface area contributed by atoms with Crippen molar-refractivity contribution in [2.45, 2.75) is 53.4 Å². The van der Waals surface area contributed by atoms with Crippen LogP contribution in [0.25, 0.3) is 21.5 Å². The Kier molecular flexibility index (Phi) is 20.1. The topological polar surface area (TPSA) is 0 Å². The van der Waals surface area contributed by atoms with Gasteiger partial charge in [-0.15, -0.1) is 93.3 Å². The third-order valence-electron chi connectivity index (χ3n) is 6.79. The van der Waals surface area contributed by atoms with Crippen molar-refractivity contribution >= 4 is 28.4 Å². The van der Waals surface area contributed by atoms with E-state index in [-0.39, 0.29) is 14.9 Å². The third kappa shape index (κ3) is 13.3. The van der Waals surface area contributed by atoms with Gasteiger partial charge in [0.2, 0.25) is 0 Å². The van der Waals surface area contributed by atoms with E-state index in [1.165, 1.54) is 67.1 Å². The molecule has 0 heterocycles. The second kappa shape index (κ2) is 21.6. The van der Waals surface area contributed by atoms with Crippen LogP contribution in [-0.4, -0.2) is 6.88 Å². The van der Waals surface area contributed by atoms with Crippen LogP contribution in [0.5, 0.6) is 0 Å². The molecular formula is C42H50SiZr-6. The molecule has 2 heteroatoms. The van der Waals surface area contributed by atoms with Crippen molar-refractivity contribution in [1.29, 1.82) is 0 Å². The van der Waals surface area contributed by atoms with Crippen LogP contribution in [0.2, 0.25) is 0 Å². The molecule has 6 aromatic rings. The molecule has 0 bridgehead atoms. The molecule has 0 nitrogen and oxygen atoms in total. The molecule has 6 rings (SSSR count). The Labute approximate surface area is 286 Å². The molecule has 0 aliphatic heterocycles. The van der Waals surface area contributed by atoms with Gasteiger partial charge in [-0.3, -0.25) is 0 Å². The zero-order valence-corrected chi connectivity index (χ0v) is 31.6. The van der Waals surface area contributed by atoms with E-state index in [1.54, 1.807) is 0 Å². The maximum absolute atomic E-state index is 3.72. The van der Waals surface area contributed by atoms with Gasteiger partial charge >= 0.3 is 30.2 Å². The molecule has 0 aliphatic rings. The Hall–Kier alpha value is -3.06. The van der Waals surface area contributed by atoms with Crippen LogP contribution in [-0.2, 0) is 23.3 Å². The molecule has 0 fully saturated rings. The van der Waals surface area contributed by atoms with Gasteiger partial charge in [-0.25, -0.2) is 0 Å². The summed E-state index contributed by atoms with van der Waals surface area (Å²) in [6.07, 6.45) is 0. The Bertz CT molecular complexity index is 1470. The van der Waals surface area contributed by atoms with E-state index < -0.39 is 0 Å². The van der Waals surface area contributed by atoms with Gasteiger partial charge in [-0.2, -0.15) is 61.4 Å². The van der Waals surface area contributed by atoms with Gasteiger partial charge in [0.25, 0.3) is 0 Å².